The van der Waals surface area contributed by atoms with Gasteiger partial charge in [0.25, 0.3) is 0 Å². The Labute approximate surface area is 265 Å². The summed E-state index contributed by atoms with van der Waals surface area (Å²) in [7, 11) is 0. The number of aliphatic hydroxyl groups is 12. The van der Waals surface area contributed by atoms with E-state index in [0.717, 1.165) is 12.8 Å². The van der Waals surface area contributed by atoms with Crippen LogP contribution in [-0.4, -0.2) is 196 Å². The van der Waals surface area contributed by atoms with Gasteiger partial charge in [0.2, 0.25) is 0 Å². The molecule has 0 aromatic carbocycles. The molecule has 0 bridgehead atoms. The van der Waals surface area contributed by atoms with E-state index in [4.69, 9.17) is 36.3 Å². The summed E-state index contributed by atoms with van der Waals surface area (Å²) in [5.74, 6) is 0. The van der Waals surface area contributed by atoms with Gasteiger partial charge in [-0.05, 0) is 12.8 Å². The van der Waals surface area contributed by atoms with Gasteiger partial charge in [-0.25, -0.2) is 0 Å². The average molecular weight is 682 g/mol. The molecule has 0 aromatic heterocycles. The molecule has 0 saturated carbocycles. The molecule has 2 aliphatic rings. The van der Waals surface area contributed by atoms with Crippen molar-refractivity contribution in [2.24, 2.45) is 0 Å². The first kappa shape index (κ1) is 39.8. The highest BCUT2D eigenvalue weighted by atomic mass is 32.1. The first-order chi connectivity index (χ1) is 20.8. The van der Waals surface area contributed by atoms with E-state index in [9.17, 15) is 56.2 Å². The van der Waals surface area contributed by atoms with Crippen molar-refractivity contribution in [1.29, 1.82) is 0 Å². The lowest BCUT2D eigenvalue weighted by atomic mass is 9.96. The molecule has 2 aliphatic heterocycles. The average Bonchev–Trinajstić information content (AvgIpc) is 3.01. The van der Waals surface area contributed by atoms with Gasteiger partial charge in [0.15, 0.2) is 12.6 Å². The standard InChI is InChI=1S/C25H47NO16S2/c27-6-4-2-1-3-5-26(25(43)44)7-11(31)15(33)21(12(32)8-28)41-24-20(38)18(36)22(14(10-30)40-24)42-23-19(37)17(35)16(34)13(9-29)39-23/h11-24,27-38H,1-10H2,(H,43,44)/t11-,12+,13+,14+,15+,16+,17-,18+,19+,20+,21+,22+,23+,24+/m0/s1. The fourth-order valence-electron chi connectivity index (χ4n) is 4.91. The van der Waals surface area contributed by atoms with Crippen molar-refractivity contribution in [2.45, 2.75) is 112 Å². The van der Waals surface area contributed by atoms with Crippen molar-refractivity contribution >= 4 is 29.2 Å². The second kappa shape index (κ2) is 19.4. The van der Waals surface area contributed by atoms with Crippen LogP contribution in [0.2, 0.25) is 0 Å². The first-order valence-electron chi connectivity index (χ1n) is 14.3. The van der Waals surface area contributed by atoms with Gasteiger partial charge in [-0.2, -0.15) is 0 Å². The topological polar surface area (TPSA) is 283 Å². The van der Waals surface area contributed by atoms with Crippen molar-refractivity contribution in [3.8, 4) is 0 Å². The van der Waals surface area contributed by atoms with Gasteiger partial charge < -0.3 is 85.1 Å². The van der Waals surface area contributed by atoms with Gasteiger partial charge in [0.1, 0.15) is 77.6 Å². The number of hydrogen-bond donors (Lipinski definition) is 13. The summed E-state index contributed by atoms with van der Waals surface area (Å²) in [6, 6.07) is 0. The minimum Gasteiger partial charge on any atom is -0.396 e. The summed E-state index contributed by atoms with van der Waals surface area (Å²) in [4.78, 5) is 1.49. The van der Waals surface area contributed by atoms with E-state index in [1.54, 1.807) is 0 Å². The summed E-state index contributed by atoms with van der Waals surface area (Å²) in [6.07, 6.45) is -21.7. The molecule has 0 aromatic rings. The monoisotopic (exact) mass is 681 g/mol. The van der Waals surface area contributed by atoms with Crippen LogP contribution in [0.15, 0.2) is 0 Å². The Morgan fingerprint density at radius 3 is 1.91 bits per heavy atom. The summed E-state index contributed by atoms with van der Waals surface area (Å²) in [5, 5.41) is 122. The van der Waals surface area contributed by atoms with E-state index in [2.05, 4.69) is 12.6 Å². The second-order valence-electron chi connectivity index (χ2n) is 10.8. The van der Waals surface area contributed by atoms with E-state index >= 15 is 0 Å². The van der Waals surface area contributed by atoms with E-state index in [1.165, 1.54) is 4.90 Å². The molecule has 12 N–H and O–H groups in total. The molecule has 0 spiro atoms. The fourth-order valence-corrected chi connectivity index (χ4v) is 5.26. The minimum atomic E-state index is -1.99. The largest absolute Gasteiger partial charge is 0.396 e. The Hall–Kier alpha value is -0.400. The molecule has 0 amide bonds. The predicted molar refractivity (Wildman–Crippen MR) is 155 cm³/mol. The maximum atomic E-state index is 10.9. The van der Waals surface area contributed by atoms with Gasteiger partial charge in [-0.1, -0.05) is 25.1 Å². The zero-order valence-electron chi connectivity index (χ0n) is 24.0. The van der Waals surface area contributed by atoms with Crippen LogP contribution in [-0.2, 0) is 18.9 Å². The second-order valence-corrected chi connectivity index (χ2v) is 11.9. The number of aliphatic hydroxyl groups excluding tert-OH is 12. The number of thiocarbonyl (C=S) groups is 1. The van der Waals surface area contributed by atoms with Crippen LogP contribution in [0.3, 0.4) is 0 Å². The van der Waals surface area contributed by atoms with Crippen molar-refractivity contribution in [3.05, 3.63) is 0 Å². The number of thiol groups is 1. The third-order valence-corrected chi connectivity index (χ3v) is 8.10. The number of nitrogens with zero attached hydrogens (tertiary/aromatic N) is 1. The third kappa shape index (κ3) is 10.6. The van der Waals surface area contributed by atoms with Gasteiger partial charge in [0, 0.05) is 19.7 Å². The highest BCUT2D eigenvalue weighted by Gasteiger charge is 2.51. The molecule has 17 nitrogen and oxygen atoms in total. The van der Waals surface area contributed by atoms with Crippen LogP contribution in [0, 0.1) is 0 Å². The molecule has 0 aliphatic carbocycles. The molecular formula is C25H47NO16S2. The summed E-state index contributed by atoms with van der Waals surface area (Å²) < 4.78 is 21.9. The highest BCUT2D eigenvalue weighted by Crippen LogP contribution is 2.30. The lowest BCUT2D eigenvalue weighted by molar-refractivity contribution is -0.367. The molecule has 19 heteroatoms. The van der Waals surface area contributed by atoms with Crippen molar-refractivity contribution in [2.75, 3.05) is 39.5 Å². The van der Waals surface area contributed by atoms with Gasteiger partial charge in [0.05, 0.1) is 19.8 Å². The van der Waals surface area contributed by atoms with E-state index in [1.807, 2.05) is 0 Å². The molecule has 260 valence electrons. The number of rotatable bonds is 18. The molecule has 0 radical (unpaired) electrons. The smallest absolute Gasteiger partial charge is 0.187 e. The van der Waals surface area contributed by atoms with Crippen molar-refractivity contribution < 1.29 is 80.2 Å². The molecular weight excluding hydrogens is 634 g/mol. The Bertz CT molecular complexity index is 833. The van der Waals surface area contributed by atoms with Crippen LogP contribution < -0.4 is 0 Å². The van der Waals surface area contributed by atoms with Crippen LogP contribution in [0.1, 0.15) is 25.7 Å². The summed E-state index contributed by atoms with van der Waals surface area (Å²) in [5.41, 5.74) is 0. The Kier molecular flexibility index (Phi) is 17.6. The van der Waals surface area contributed by atoms with Crippen molar-refractivity contribution in [1.82, 2.24) is 4.90 Å². The number of hydrogen-bond acceptors (Lipinski definition) is 17. The molecule has 44 heavy (non-hydrogen) atoms. The maximum absolute atomic E-state index is 10.9. The SMILES string of the molecule is OCCCCCCN(C[C@H](O)[C@@H](O)[C@H](O[C@H]1O[C@H](CO)[C@@H](O[C@H]2O[C@H](CO)[C@@H](O)[C@H](O)[C@H]2O)[C@H](O)[C@H]1O)[C@H](O)CO)C(=S)S. The van der Waals surface area contributed by atoms with Gasteiger partial charge >= 0.3 is 0 Å². The van der Waals surface area contributed by atoms with E-state index in [0.29, 0.717) is 19.4 Å². The highest BCUT2D eigenvalue weighted by molar-refractivity contribution is 8.10. The number of unbranched alkanes of at least 4 members (excludes halogenated alkanes) is 3. The molecule has 2 fully saturated rings. The zero-order chi connectivity index (χ0) is 33.1. The Morgan fingerprint density at radius 2 is 1.34 bits per heavy atom. The van der Waals surface area contributed by atoms with Gasteiger partial charge in [-0.15, -0.1) is 12.6 Å². The summed E-state index contributed by atoms with van der Waals surface area (Å²) >= 11 is 9.25. The van der Waals surface area contributed by atoms with Crippen LogP contribution >= 0.6 is 24.8 Å². The molecule has 0 unspecified atom stereocenters. The number of ether oxygens (including phenoxy) is 4. The molecule has 2 rings (SSSR count). The Morgan fingerprint density at radius 1 is 0.750 bits per heavy atom. The van der Waals surface area contributed by atoms with Crippen LogP contribution in [0.25, 0.3) is 0 Å². The lowest BCUT2D eigenvalue weighted by Crippen LogP contribution is -2.65. The minimum absolute atomic E-state index is 0.0651. The Balaban J connectivity index is 2.12. The first-order valence-corrected chi connectivity index (χ1v) is 15.2. The zero-order valence-corrected chi connectivity index (χ0v) is 25.7. The van der Waals surface area contributed by atoms with Crippen LogP contribution in [0.4, 0.5) is 0 Å². The van der Waals surface area contributed by atoms with E-state index < -0.39 is 106 Å². The van der Waals surface area contributed by atoms with Gasteiger partial charge in [-0.3, -0.25) is 0 Å². The van der Waals surface area contributed by atoms with Crippen molar-refractivity contribution in [3.63, 3.8) is 0 Å². The molecule has 2 heterocycles. The maximum Gasteiger partial charge on any atom is 0.187 e. The van der Waals surface area contributed by atoms with Crippen LogP contribution in [0.5, 0.6) is 0 Å². The van der Waals surface area contributed by atoms with E-state index in [-0.39, 0.29) is 17.5 Å². The fraction of sp³-hybridized carbons (Fsp3) is 0.960. The normalized spacial score (nSPS) is 35.6. The predicted octanol–water partition coefficient (Wildman–Crippen LogP) is -5.86. The summed E-state index contributed by atoms with van der Waals surface area (Å²) in [6.45, 7) is -2.41. The molecule has 2 saturated heterocycles. The lowest BCUT2D eigenvalue weighted by Gasteiger charge is -2.46. The quantitative estimate of drug-likeness (QED) is 0.0364. The molecule has 14 atom stereocenters. The third-order valence-electron chi connectivity index (χ3n) is 7.56.